The summed E-state index contributed by atoms with van der Waals surface area (Å²) in [6.07, 6.45) is 4.31. The van der Waals surface area contributed by atoms with Crippen LogP contribution in [-0.2, 0) is 4.74 Å². The van der Waals surface area contributed by atoms with Crippen LogP contribution < -0.4 is 5.32 Å². The average molecular weight is 342 g/mol. The molecule has 0 spiro atoms. The van der Waals surface area contributed by atoms with E-state index in [0.717, 1.165) is 30.2 Å². The minimum Gasteiger partial charge on any atom is -0.453 e. The van der Waals surface area contributed by atoms with E-state index in [2.05, 4.69) is 20.1 Å². The van der Waals surface area contributed by atoms with Crippen molar-refractivity contribution in [3.8, 4) is 11.3 Å². The maximum Gasteiger partial charge on any atom is 0.413 e. The van der Waals surface area contributed by atoms with Gasteiger partial charge in [0, 0.05) is 16.6 Å². The van der Waals surface area contributed by atoms with Crippen molar-refractivity contribution in [1.29, 1.82) is 0 Å². The maximum absolute atomic E-state index is 11.5. The lowest BCUT2D eigenvalue weighted by Gasteiger charge is -2.07. The van der Waals surface area contributed by atoms with E-state index in [9.17, 15) is 9.59 Å². The van der Waals surface area contributed by atoms with E-state index >= 15 is 0 Å². The lowest BCUT2D eigenvalue weighted by molar-refractivity contribution is 0.112. The van der Waals surface area contributed by atoms with Gasteiger partial charge in [-0.2, -0.15) is 0 Å². The summed E-state index contributed by atoms with van der Waals surface area (Å²) in [6, 6.07) is 5.74. The first-order chi connectivity index (χ1) is 11.7. The van der Waals surface area contributed by atoms with Crippen LogP contribution in [0.4, 0.5) is 10.7 Å². The van der Waals surface area contributed by atoms with E-state index in [1.807, 2.05) is 18.2 Å². The molecule has 1 N–H and O–H groups in total. The second kappa shape index (κ2) is 5.72. The van der Waals surface area contributed by atoms with Crippen molar-refractivity contribution in [3.05, 3.63) is 34.2 Å². The van der Waals surface area contributed by atoms with Gasteiger partial charge in [0.25, 0.3) is 5.95 Å². The monoisotopic (exact) mass is 342 g/mol. The summed E-state index contributed by atoms with van der Waals surface area (Å²) in [6.45, 7) is 0. The predicted octanol–water partition coefficient (Wildman–Crippen LogP) is 3.33. The Labute approximate surface area is 141 Å². The summed E-state index contributed by atoms with van der Waals surface area (Å²) in [4.78, 5) is 29.2. The van der Waals surface area contributed by atoms with E-state index in [1.54, 1.807) is 10.7 Å². The molecule has 1 aliphatic rings. The van der Waals surface area contributed by atoms with E-state index in [0.29, 0.717) is 16.5 Å². The fourth-order valence-electron chi connectivity index (χ4n) is 2.59. The van der Waals surface area contributed by atoms with Crippen molar-refractivity contribution in [2.24, 2.45) is 0 Å². The van der Waals surface area contributed by atoms with Crippen molar-refractivity contribution >= 4 is 35.2 Å². The lowest BCUT2D eigenvalue weighted by atomic mass is 10.1. The van der Waals surface area contributed by atoms with Gasteiger partial charge in [-0.1, -0.05) is 0 Å². The zero-order valence-electron chi connectivity index (χ0n) is 12.9. The van der Waals surface area contributed by atoms with Crippen molar-refractivity contribution in [2.75, 3.05) is 12.4 Å². The molecule has 0 aliphatic heterocycles. The second-order valence-corrected chi connectivity index (χ2v) is 6.67. The molecule has 0 saturated heterocycles. The third kappa shape index (κ3) is 2.54. The number of amides is 1. The normalized spacial score (nSPS) is 13.9. The second-order valence-electron chi connectivity index (χ2n) is 5.56. The molecule has 0 aromatic carbocycles. The molecule has 122 valence electrons. The highest BCUT2D eigenvalue weighted by atomic mass is 32.1. The molecule has 0 atom stereocenters. The molecule has 3 aromatic rings. The number of nitrogens with one attached hydrogen (secondary N) is 1. The van der Waals surface area contributed by atoms with E-state index in [4.69, 9.17) is 0 Å². The van der Waals surface area contributed by atoms with Crippen LogP contribution in [0.25, 0.3) is 16.8 Å². The number of ether oxygens (including phenoxy) is 1. The first-order valence-electron chi connectivity index (χ1n) is 7.49. The molecular weight excluding hydrogens is 328 g/mol. The average Bonchev–Trinajstić information content (AvgIpc) is 3.18. The van der Waals surface area contributed by atoms with Crippen LogP contribution in [-0.4, -0.2) is 34.1 Å². The van der Waals surface area contributed by atoms with Crippen molar-refractivity contribution in [1.82, 2.24) is 14.6 Å². The van der Waals surface area contributed by atoms with Gasteiger partial charge in [-0.15, -0.1) is 16.4 Å². The first kappa shape index (κ1) is 14.8. The number of carbonyl (C=O) groups is 2. The van der Waals surface area contributed by atoms with E-state index in [-0.39, 0.29) is 5.95 Å². The third-order valence-corrected chi connectivity index (χ3v) is 5.13. The van der Waals surface area contributed by atoms with E-state index in [1.165, 1.54) is 23.3 Å². The Morgan fingerprint density at radius 3 is 3.04 bits per heavy atom. The Morgan fingerprint density at radius 1 is 1.50 bits per heavy atom. The molecule has 8 heteroatoms. The predicted molar refractivity (Wildman–Crippen MR) is 89.7 cm³/mol. The Morgan fingerprint density at radius 2 is 2.33 bits per heavy atom. The molecule has 1 fully saturated rings. The Hall–Kier alpha value is -2.74. The summed E-state index contributed by atoms with van der Waals surface area (Å²) in [5.74, 6) is 0.677. The number of hydrogen-bond acceptors (Lipinski definition) is 6. The summed E-state index contributed by atoms with van der Waals surface area (Å²) >= 11 is 1.51. The van der Waals surface area contributed by atoms with Gasteiger partial charge in [0.05, 0.1) is 17.5 Å². The fourth-order valence-corrected chi connectivity index (χ4v) is 3.74. The molecule has 7 nitrogen and oxygen atoms in total. The number of rotatable bonds is 4. The smallest absolute Gasteiger partial charge is 0.413 e. The number of carbonyl (C=O) groups excluding carboxylic acids is 2. The summed E-state index contributed by atoms with van der Waals surface area (Å²) in [7, 11) is 1.27. The number of aromatic nitrogens is 3. The SMILES string of the molecule is COC(=O)Nc1nc(-c2cc(C3CC3)sc2C=O)c2cccn2n1. The van der Waals surface area contributed by atoms with Gasteiger partial charge in [-0.25, -0.2) is 14.3 Å². The molecule has 0 bridgehead atoms. The maximum atomic E-state index is 11.5. The quantitative estimate of drug-likeness (QED) is 0.735. The summed E-state index contributed by atoms with van der Waals surface area (Å²) in [5, 5.41) is 6.70. The molecule has 0 radical (unpaired) electrons. The number of anilines is 1. The third-order valence-electron chi connectivity index (χ3n) is 3.91. The van der Waals surface area contributed by atoms with Gasteiger partial charge in [0.15, 0.2) is 6.29 Å². The van der Waals surface area contributed by atoms with Crippen LogP contribution in [0, 0.1) is 0 Å². The summed E-state index contributed by atoms with van der Waals surface area (Å²) in [5.41, 5.74) is 2.16. The van der Waals surface area contributed by atoms with Crippen molar-refractivity contribution in [3.63, 3.8) is 0 Å². The van der Waals surface area contributed by atoms with Gasteiger partial charge < -0.3 is 4.74 Å². The summed E-state index contributed by atoms with van der Waals surface area (Å²) < 4.78 is 6.21. The van der Waals surface area contributed by atoms with Crippen LogP contribution in [0.3, 0.4) is 0 Å². The van der Waals surface area contributed by atoms with Crippen LogP contribution in [0.2, 0.25) is 0 Å². The van der Waals surface area contributed by atoms with Gasteiger partial charge in [0.2, 0.25) is 0 Å². The molecule has 3 aromatic heterocycles. The molecular formula is C16H14N4O3S. The Bertz CT molecular complexity index is 942. The van der Waals surface area contributed by atoms with Gasteiger partial charge in [0.1, 0.15) is 5.69 Å². The molecule has 0 unspecified atom stereocenters. The van der Waals surface area contributed by atoms with E-state index < -0.39 is 6.09 Å². The minimum atomic E-state index is -0.646. The zero-order valence-corrected chi connectivity index (χ0v) is 13.7. The Kier molecular flexibility index (Phi) is 3.53. The lowest BCUT2D eigenvalue weighted by Crippen LogP contribution is -2.15. The number of thiophene rings is 1. The molecule has 24 heavy (non-hydrogen) atoms. The topological polar surface area (TPSA) is 85.6 Å². The Balaban J connectivity index is 1.87. The number of nitrogens with zero attached hydrogens (tertiary/aromatic N) is 3. The largest absolute Gasteiger partial charge is 0.453 e. The number of fused-ring (bicyclic) bond motifs is 1. The standard InChI is InChI=1S/C16H14N4O3S/c1-23-16(22)18-15-17-14(11-3-2-6-20(11)19-15)10-7-12(9-4-5-9)24-13(10)8-21/h2-3,6-9H,4-5H2,1H3,(H,18,19,22). The van der Waals surface area contributed by atoms with Crippen LogP contribution >= 0.6 is 11.3 Å². The molecule has 1 saturated carbocycles. The van der Waals surface area contributed by atoms with Crippen LogP contribution in [0.1, 0.15) is 33.3 Å². The molecule has 1 aliphatic carbocycles. The first-order valence-corrected chi connectivity index (χ1v) is 8.31. The van der Waals surface area contributed by atoms with Crippen molar-refractivity contribution < 1.29 is 14.3 Å². The van der Waals surface area contributed by atoms with Gasteiger partial charge >= 0.3 is 6.09 Å². The fraction of sp³-hybridized carbons (Fsp3) is 0.250. The van der Waals surface area contributed by atoms with Gasteiger partial charge in [-0.05, 0) is 37.0 Å². The van der Waals surface area contributed by atoms with Gasteiger partial charge in [-0.3, -0.25) is 10.1 Å². The number of methoxy groups -OCH3 is 1. The highest BCUT2D eigenvalue weighted by molar-refractivity contribution is 7.14. The molecule has 3 heterocycles. The van der Waals surface area contributed by atoms with Crippen molar-refractivity contribution in [2.45, 2.75) is 18.8 Å². The van der Waals surface area contributed by atoms with Crippen LogP contribution in [0.15, 0.2) is 24.4 Å². The molecule has 1 amide bonds. The highest BCUT2D eigenvalue weighted by Gasteiger charge is 2.28. The van der Waals surface area contributed by atoms with Crippen LogP contribution in [0.5, 0.6) is 0 Å². The zero-order chi connectivity index (χ0) is 16.7. The number of hydrogen-bond donors (Lipinski definition) is 1. The highest BCUT2D eigenvalue weighted by Crippen LogP contribution is 2.46. The molecule has 4 rings (SSSR count). The number of aldehydes is 1. The minimum absolute atomic E-state index is 0.122.